The van der Waals surface area contributed by atoms with Crippen molar-refractivity contribution in [1.82, 2.24) is 4.90 Å². The van der Waals surface area contributed by atoms with Crippen molar-refractivity contribution < 1.29 is 14.3 Å². The number of ether oxygens (including phenoxy) is 1. The van der Waals surface area contributed by atoms with E-state index in [0.29, 0.717) is 37.7 Å². The lowest BCUT2D eigenvalue weighted by atomic mass is 10.2. The van der Waals surface area contributed by atoms with Crippen LogP contribution in [0.4, 0.5) is 11.4 Å². The van der Waals surface area contributed by atoms with Gasteiger partial charge in [0.15, 0.2) is 0 Å². The standard InChI is InChI=1S/C13H17N3O3/c1-9-2-3-11(10(14)8-9)15-12(17)13(18)16-4-6-19-7-5-16/h2-3,8H,4-7,14H2,1H3,(H,15,17). The Balaban J connectivity index is 2.01. The molecular formula is C13H17N3O3. The molecule has 3 N–H and O–H groups in total. The van der Waals surface area contributed by atoms with Crippen LogP contribution < -0.4 is 11.1 Å². The summed E-state index contributed by atoms with van der Waals surface area (Å²) < 4.78 is 5.13. The molecule has 19 heavy (non-hydrogen) atoms. The number of hydrogen-bond donors (Lipinski definition) is 2. The second kappa shape index (κ2) is 5.71. The van der Waals surface area contributed by atoms with Gasteiger partial charge < -0.3 is 20.7 Å². The topological polar surface area (TPSA) is 84.7 Å². The van der Waals surface area contributed by atoms with Crippen molar-refractivity contribution in [3.8, 4) is 0 Å². The summed E-state index contributed by atoms with van der Waals surface area (Å²) >= 11 is 0. The summed E-state index contributed by atoms with van der Waals surface area (Å²) in [7, 11) is 0. The quantitative estimate of drug-likeness (QED) is 0.566. The molecule has 1 aliphatic heterocycles. The van der Waals surface area contributed by atoms with Crippen LogP contribution in [0.3, 0.4) is 0 Å². The largest absolute Gasteiger partial charge is 0.397 e. The van der Waals surface area contributed by atoms with Gasteiger partial charge in [-0.3, -0.25) is 9.59 Å². The molecule has 6 nitrogen and oxygen atoms in total. The van der Waals surface area contributed by atoms with Crippen molar-refractivity contribution in [2.75, 3.05) is 37.4 Å². The highest BCUT2D eigenvalue weighted by atomic mass is 16.5. The summed E-state index contributed by atoms with van der Waals surface area (Å²) in [6.45, 7) is 3.71. The Labute approximate surface area is 111 Å². The van der Waals surface area contributed by atoms with Crippen molar-refractivity contribution in [3.05, 3.63) is 23.8 Å². The summed E-state index contributed by atoms with van der Waals surface area (Å²) in [6.07, 6.45) is 0. The number of benzene rings is 1. The first kappa shape index (κ1) is 13.4. The Bertz CT molecular complexity index is 496. The lowest BCUT2D eigenvalue weighted by molar-refractivity contribution is -0.145. The van der Waals surface area contributed by atoms with Crippen molar-refractivity contribution in [3.63, 3.8) is 0 Å². The number of nitrogen functional groups attached to an aromatic ring is 1. The maximum Gasteiger partial charge on any atom is 0.313 e. The number of nitrogens with two attached hydrogens (primary N) is 1. The molecule has 0 aromatic heterocycles. The van der Waals surface area contributed by atoms with Crippen molar-refractivity contribution in [2.24, 2.45) is 0 Å². The van der Waals surface area contributed by atoms with Gasteiger partial charge in [0, 0.05) is 13.1 Å². The minimum atomic E-state index is -0.669. The van der Waals surface area contributed by atoms with Crippen molar-refractivity contribution in [1.29, 1.82) is 0 Å². The molecule has 1 heterocycles. The van der Waals surface area contributed by atoms with E-state index in [1.807, 2.05) is 13.0 Å². The number of hydrogen-bond acceptors (Lipinski definition) is 4. The van der Waals surface area contributed by atoms with Gasteiger partial charge in [-0.1, -0.05) is 6.07 Å². The lowest BCUT2D eigenvalue weighted by Crippen LogP contribution is -2.45. The first-order valence-electron chi connectivity index (χ1n) is 6.12. The number of aryl methyl sites for hydroxylation is 1. The minimum Gasteiger partial charge on any atom is -0.397 e. The van der Waals surface area contributed by atoms with Gasteiger partial charge in [-0.25, -0.2) is 0 Å². The molecule has 2 rings (SSSR count). The molecule has 1 aliphatic rings. The third kappa shape index (κ3) is 3.23. The van der Waals surface area contributed by atoms with Gasteiger partial charge in [0.1, 0.15) is 0 Å². The first-order chi connectivity index (χ1) is 9.08. The van der Waals surface area contributed by atoms with Gasteiger partial charge in [0.2, 0.25) is 0 Å². The van der Waals surface area contributed by atoms with Gasteiger partial charge in [-0.2, -0.15) is 0 Å². The monoisotopic (exact) mass is 263 g/mol. The predicted octanol–water partition coefficient (Wildman–Crippen LogP) is 0.375. The van der Waals surface area contributed by atoms with E-state index in [1.165, 1.54) is 4.90 Å². The minimum absolute atomic E-state index is 0.440. The second-order valence-electron chi connectivity index (χ2n) is 4.45. The first-order valence-corrected chi connectivity index (χ1v) is 6.12. The van der Waals surface area contributed by atoms with Crippen LogP contribution in [0.25, 0.3) is 0 Å². The zero-order chi connectivity index (χ0) is 13.8. The van der Waals surface area contributed by atoms with E-state index in [4.69, 9.17) is 10.5 Å². The molecule has 1 saturated heterocycles. The molecular weight excluding hydrogens is 246 g/mol. The van der Waals surface area contributed by atoms with Gasteiger partial charge in [-0.15, -0.1) is 0 Å². The number of carbonyl (C=O) groups is 2. The Morgan fingerprint density at radius 2 is 2.00 bits per heavy atom. The highest BCUT2D eigenvalue weighted by Gasteiger charge is 2.23. The molecule has 0 bridgehead atoms. The average molecular weight is 263 g/mol. The molecule has 0 unspecified atom stereocenters. The third-order valence-electron chi connectivity index (χ3n) is 2.95. The lowest BCUT2D eigenvalue weighted by Gasteiger charge is -2.26. The Morgan fingerprint density at radius 1 is 1.32 bits per heavy atom. The second-order valence-corrected chi connectivity index (χ2v) is 4.45. The van der Waals surface area contributed by atoms with Gasteiger partial charge in [0.25, 0.3) is 0 Å². The maximum atomic E-state index is 11.9. The van der Waals surface area contributed by atoms with Gasteiger partial charge >= 0.3 is 11.8 Å². The fourth-order valence-corrected chi connectivity index (χ4v) is 1.88. The smallest absolute Gasteiger partial charge is 0.313 e. The van der Waals surface area contributed by atoms with Crippen LogP contribution in [0, 0.1) is 6.92 Å². The van der Waals surface area contributed by atoms with Crippen LogP contribution in [-0.4, -0.2) is 43.0 Å². The van der Waals surface area contributed by atoms with Crippen LogP contribution in [0.1, 0.15) is 5.56 Å². The Morgan fingerprint density at radius 3 is 2.63 bits per heavy atom. The average Bonchev–Trinajstić information content (AvgIpc) is 2.42. The zero-order valence-corrected chi connectivity index (χ0v) is 10.8. The maximum absolute atomic E-state index is 11.9. The highest BCUT2D eigenvalue weighted by molar-refractivity contribution is 6.39. The molecule has 1 aromatic rings. The number of nitrogens with one attached hydrogen (secondary N) is 1. The molecule has 102 valence electrons. The molecule has 0 atom stereocenters. The van der Waals surface area contributed by atoms with E-state index in [0.717, 1.165) is 5.56 Å². The Hall–Kier alpha value is -2.08. The summed E-state index contributed by atoms with van der Waals surface area (Å²) in [5.74, 6) is -1.22. The number of rotatable bonds is 1. The number of morpholine rings is 1. The predicted molar refractivity (Wildman–Crippen MR) is 71.6 cm³/mol. The third-order valence-corrected chi connectivity index (χ3v) is 2.95. The molecule has 0 saturated carbocycles. The fraction of sp³-hybridized carbons (Fsp3) is 0.385. The van der Waals surface area contributed by atoms with Crippen LogP contribution in [0.15, 0.2) is 18.2 Å². The number of nitrogens with zero attached hydrogens (tertiary/aromatic N) is 1. The normalized spacial score (nSPS) is 15.1. The molecule has 1 fully saturated rings. The Kier molecular flexibility index (Phi) is 4.01. The SMILES string of the molecule is Cc1ccc(NC(=O)C(=O)N2CCOCC2)c(N)c1. The molecule has 0 spiro atoms. The number of anilines is 2. The van der Waals surface area contributed by atoms with E-state index in [1.54, 1.807) is 12.1 Å². The van der Waals surface area contributed by atoms with E-state index >= 15 is 0 Å². The van der Waals surface area contributed by atoms with Gasteiger partial charge in [-0.05, 0) is 24.6 Å². The molecule has 1 aromatic carbocycles. The summed E-state index contributed by atoms with van der Waals surface area (Å²) in [4.78, 5) is 25.2. The van der Waals surface area contributed by atoms with Crippen molar-refractivity contribution >= 4 is 23.2 Å². The van der Waals surface area contributed by atoms with Crippen LogP contribution in [-0.2, 0) is 14.3 Å². The molecule has 0 aliphatic carbocycles. The summed E-state index contributed by atoms with van der Waals surface area (Å²) in [5.41, 5.74) is 7.69. The molecule has 2 amide bonds. The van der Waals surface area contributed by atoms with Crippen LogP contribution in [0.2, 0.25) is 0 Å². The summed E-state index contributed by atoms with van der Waals surface area (Å²) in [6, 6.07) is 5.26. The van der Waals surface area contributed by atoms with Crippen LogP contribution >= 0.6 is 0 Å². The van der Waals surface area contributed by atoms with E-state index < -0.39 is 11.8 Å². The number of amides is 2. The van der Waals surface area contributed by atoms with Gasteiger partial charge in [0.05, 0.1) is 24.6 Å². The van der Waals surface area contributed by atoms with Crippen LogP contribution in [0.5, 0.6) is 0 Å². The fourth-order valence-electron chi connectivity index (χ4n) is 1.88. The number of carbonyl (C=O) groups excluding carboxylic acids is 2. The summed E-state index contributed by atoms with van der Waals surface area (Å²) in [5, 5.41) is 2.54. The molecule has 6 heteroatoms. The van der Waals surface area contributed by atoms with E-state index in [-0.39, 0.29) is 0 Å². The highest BCUT2D eigenvalue weighted by Crippen LogP contribution is 2.19. The van der Waals surface area contributed by atoms with E-state index in [2.05, 4.69) is 5.32 Å². The molecule has 0 radical (unpaired) electrons. The van der Waals surface area contributed by atoms with Crippen molar-refractivity contribution in [2.45, 2.75) is 6.92 Å². The zero-order valence-electron chi connectivity index (χ0n) is 10.8. The van der Waals surface area contributed by atoms with E-state index in [9.17, 15) is 9.59 Å².